The first-order valence-corrected chi connectivity index (χ1v) is 7.41. The van der Waals surface area contributed by atoms with Gasteiger partial charge in [-0.15, -0.1) is 0 Å². The zero-order chi connectivity index (χ0) is 16.5. The number of carbonyl (C=O) groups excluding carboxylic acids is 2. The summed E-state index contributed by atoms with van der Waals surface area (Å²) in [6.45, 7) is 0. The highest BCUT2D eigenvalue weighted by Gasteiger charge is 2.33. The number of para-hydroxylation sites is 1. The van der Waals surface area contributed by atoms with E-state index in [9.17, 15) is 18.0 Å². The van der Waals surface area contributed by atoms with Crippen molar-refractivity contribution in [1.29, 1.82) is 0 Å². The Morgan fingerprint density at radius 2 is 1.82 bits per heavy atom. The van der Waals surface area contributed by atoms with Crippen molar-refractivity contribution in [2.24, 2.45) is 10.9 Å². The summed E-state index contributed by atoms with van der Waals surface area (Å²) < 4.78 is 29.1. The summed E-state index contributed by atoms with van der Waals surface area (Å²) in [4.78, 5) is 23.3. The number of aromatic nitrogens is 2. The van der Waals surface area contributed by atoms with Gasteiger partial charge in [-0.05, 0) is 12.1 Å². The highest BCUT2D eigenvalue weighted by atomic mass is 32.2. The minimum absolute atomic E-state index is 0.282. The highest BCUT2D eigenvalue weighted by molar-refractivity contribution is 7.89. The predicted octanol–water partition coefficient (Wildman–Crippen LogP) is -0.595. The lowest BCUT2D eigenvalue weighted by atomic mass is 10.2. The Labute approximate surface area is 125 Å². The average molecular weight is 324 g/mol. The lowest BCUT2D eigenvalue weighted by Gasteiger charge is -2.06. The van der Waals surface area contributed by atoms with Gasteiger partial charge in [0.05, 0.1) is 12.8 Å². The Balaban J connectivity index is 2.92. The van der Waals surface area contributed by atoms with Crippen molar-refractivity contribution < 1.29 is 22.7 Å². The number of sulfonamides is 1. The van der Waals surface area contributed by atoms with Crippen molar-refractivity contribution in [3.63, 3.8) is 0 Å². The van der Waals surface area contributed by atoms with Crippen LogP contribution in [0.3, 0.4) is 0 Å². The van der Waals surface area contributed by atoms with E-state index in [1.165, 1.54) is 12.1 Å². The third-order valence-electron chi connectivity index (χ3n) is 2.74. The van der Waals surface area contributed by atoms with E-state index in [-0.39, 0.29) is 5.69 Å². The largest absolute Gasteiger partial charge is 0.465 e. The molecule has 9 nitrogen and oxygen atoms in total. The van der Waals surface area contributed by atoms with E-state index in [1.807, 2.05) is 0 Å². The first-order chi connectivity index (χ1) is 10.3. The number of benzene rings is 1. The van der Waals surface area contributed by atoms with E-state index >= 15 is 0 Å². The van der Waals surface area contributed by atoms with Crippen LogP contribution in [0.4, 0.5) is 0 Å². The Bertz CT molecular complexity index is 842. The number of nitrogens with zero attached hydrogens (tertiary/aromatic N) is 2. The molecule has 116 valence electrons. The molecule has 0 unspecified atom stereocenters. The molecule has 0 radical (unpaired) electrons. The molecule has 0 atom stereocenters. The van der Waals surface area contributed by atoms with Gasteiger partial charge in [0.25, 0.3) is 15.9 Å². The van der Waals surface area contributed by atoms with Gasteiger partial charge in [0.2, 0.25) is 0 Å². The first kappa shape index (κ1) is 15.7. The van der Waals surface area contributed by atoms with E-state index in [0.29, 0.717) is 0 Å². The summed E-state index contributed by atoms with van der Waals surface area (Å²) in [5.41, 5.74) is 4.30. The molecule has 1 heterocycles. The van der Waals surface area contributed by atoms with Crippen molar-refractivity contribution >= 4 is 21.9 Å². The summed E-state index contributed by atoms with van der Waals surface area (Å²) in [6, 6.07) is 7.97. The fraction of sp³-hybridized carbons (Fsp3) is 0.0833. The minimum atomic E-state index is -4.39. The number of primary sulfonamides is 1. The van der Waals surface area contributed by atoms with Crippen LogP contribution in [0.5, 0.6) is 0 Å². The molecular formula is C12H12N4O5S. The topological polar surface area (TPSA) is 147 Å². The van der Waals surface area contributed by atoms with Crippen LogP contribution in [-0.4, -0.2) is 37.2 Å². The molecule has 1 amide bonds. The van der Waals surface area contributed by atoms with Crippen molar-refractivity contribution in [3.05, 3.63) is 41.6 Å². The maximum absolute atomic E-state index is 11.9. The summed E-state index contributed by atoms with van der Waals surface area (Å²) in [7, 11) is -3.36. The molecule has 2 rings (SSSR count). The quantitative estimate of drug-likeness (QED) is 0.718. The molecule has 10 heteroatoms. The van der Waals surface area contributed by atoms with E-state index in [2.05, 4.69) is 9.84 Å². The third-order valence-corrected chi connectivity index (χ3v) is 3.65. The Morgan fingerprint density at radius 1 is 1.23 bits per heavy atom. The molecule has 1 aromatic carbocycles. The first-order valence-electron chi connectivity index (χ1n) is 5.86. The van der Waals surface area contributed by atoms with Crippen LogP contribution in [0.25, 0.3) is 5.69 Å². The molecule has 0 aliphatic rings. The van der Waals surface area contributed by atoms with Crippen molar-refractivity contribution in [1.82, 2.24) is 9.78 Å². The number of methoxy groups -OCH3 is 1. The number of nitrogens with two attached hydrogens (primary N) is 2. The maximum atomic E-state index is 11.9. The number of hydrogen-bond acceptors (Lipinski definition) is 6. The van der Waals surface area contributed by atoms with Crippen LogP contribution in [0.15, 0.2) is 35.4 Å². The standard InChI is InChI=1S/C12H12N4O5S/c1-21-12(18)8-9(10(13)17)15-16(11(8)22(14,19)20)7-5-3-2-4-6-7/h2-6H,1H3,(H2,13,17)(H2,14,19,20). The minimum Gasteiger partial charge on any atom is -0.465 e. The van der Waals surface area contributed by atoms with Gasteiger partial charge in [0.15, 0.2) is 10.7 Å². The van der Waals surface area contributed by atoms with Gasteiger partial charge < -0.3 is 10.5 Å². The van der Waals surface area contributed by atoms with Crippen molar-refractivity contribution in [3.8, 4) is 5.69 Å². The molecule has 22 heavy (non-hydrogen) atoms. The number of rotatable bonds is 4. The smallest absolute Gasteiger partial charge is 0.343 e. The molecule has 0 saturated heterocycles. The second kappa shape index (κ2) is 5.58. The Morgan fingerprint density at radius 3 is 2.27 bits per heavy atom. The van der Waals surface area contributed by atoms with Crippen molar-refractivity contribution in [2.45, 2.75) is 5.03 Å². The van der Waals surface area contributed by atoms with Crippen LogP contribution < -0.4 is 10.9 Å². The molecule has 1 aromatic heterocycles. The number of carbonyl (C=O) groups is 2. The molecule has 0 saturated carbocycles. The van der Waals surface area contributed by atoms with Gasteiger partial charge in [-0.3, -0.25) is 4.79 Å². The lowest BCUT2D eigenvalue weighted by Crippen LogP contribution is -2.21. The molecule has 0 bridgehead atoms. The number of esters is 1. The van der Waals surface area contributed by atoms with E-state index < -0.39 is 38.2 Å². The SMILES string of the molecule is COC(=O)c1c(C(N)=O)nn(-c2ccccc2)c1S(N)(=O)=O. The summed E-state index contributed by atoms with van der Waals surface area (Å²) >= 11 is 0. The molecule has 0 spiro atoms. The van der Waals surface area contributed by atoms with Crippen LogP contribution in [-0.2, 0) is 14.8 Å². The number of primary amides is 1. The Hall–Kier alpha value is -2.72. The van der Waals surface area contributed by atoms with Gasteiger partial charge in [0.1, 0.15) is 5.56 Å². The molecule has 0 aliphatic heterocycles. The van der Waals surface area contributed by atoms with Gasteiger partial charge >= 0.3 is 5.97 Å². The second-order valence-corrected chi connectivity index (χ2v) is 5.65. The number of hydrogen-bond donors (Lipinski definition) is 2. The van der Waals surface area contributed by atoms with Crippen LogP contribution >= 0.6 is 0 Å². The fourth-order valence-corrected chi connectivity index (χ4v) is 2.72. The van der Waals surface area contributed by atoms with Gasteiger partial charge in [-0.25, -0.2) is 23.0 Å². The summed E-state index contributed by atoms with van der Waals surface area (Å²) in [6.07, 6.45) is 0. The van der Waals surface area contributed by atoms with Crippen LogP contribution in [0, 0.1) is 0 Å². The molecule has 0 aliphatic carbocycles. The zero-order valence-corrected chi connectivity index (χ0v) is 12.2. The summed E-state index contributed by atoms with van der Waals surface area (Å²) in [5, 5.41) is 8.28. The van der Waals surface area contributed by atoms with E-state index in [4.69, 9.17) is 10.9 Å². The zero-order valence-electron chi connectivity index (χ0n) is 11.4. The van der Waals surface area contributed by atoms with Crippen LogP contribution in [0.1, 0.15) is 20.8 Å². The average Bonchev–Trinajstić information content (AvgIpc) is 2.88. The second-order valence-electron chi connectivity index (χ2n) is 4.18. The lowest BCUT2D eigenvalue weighted by molar-refractivity contribution is 0.0592. The highest BCUT2D eigenvalue weighted by Crippen LogP contribution is 2.23. The predicted molar refractivity (Wildman–Crippen MR) is 74.8 cm³/mol. The molecular weight excluding hydrogens is 312 g/mol. The number of amides is 1. The maximum Gasteiger partial charge on any atom is 0.343 e. The van der Waals surface area contributed by atoms with E-state index in [0.717, 1.165) is 11.8 Å². The third kappa shape index (κ3) is 2.69. The van der Waals surface area contributed by atoms with Crippen LogP contribution in [0.2, 0.25) is 0 Å². The van der Waals surface area contributed by atoms with Gasteiger partial charge in [-0.1, -0.05) is 18.2 Å². The molecule has 2 aromatic rings. The Kier molecular flexibility index (Phi) is 3.97. The molecule has 4 N–H and O–H groups in total. The van der Waals surface area contributed by atoms with Gasteiger partial charge in [0, 0.05) is 0 Å². The summed E-state index contributed by atoms with van der Waals surface area (Å²) in [5.74, 6) is -2.17. The fourth-order valence-electron chi connectivity index (χ4n) is 1.87. The van der Waals surface area contributed by atoms with E-state index in [1.54, 1.807) is 18.2 Å². The molecule has 0 fully saturated rings. The van der Waals surface area contributed by atoms with Crippen molar-refractivity contribution in [2.75, 3.05) is 7.11 Å². The normalized spacial score (nSPS) is 11.2. The number of ether oxygens (including phenoxy) is 1. The monoisotopic (exact) mass is 324 g/mol. The van der Waals surface area contributed by atoms with Gasteiger partial charge in [-0.2, -0.15) is 5.10 Å².